The summed E-state index contributed by atoms with van der Waals surface area (Å²) in [6.07, 6.45) is 0.934. The first-order valence-electron chi connectivity index (χ1n) is 11.6. The number of likely N-dealkylation sites (tertiary alicyclic amines) is 1. The molecule has 1 saturated heterocycles. The summed E-state index contributed by atoms with van der Waals surface area (Å²) in [7, 11) is 0. The summed E-state index contributed by atoms with van der Waals surface area (Å²) in [4.78, 5) is 40.2. The van der Waals surface area contributed by atoms with E-state index >= 15 is 0 Å². The fourth-order valence-electron chi connectivity index (χ4n) is 4.20. The standard InChI is InChI=1S/C28H29N3O3/c1-20(22-12-6-3-7-13-22)29-28(34)24-14-8-9-15-25(24)30-27(33)23-18-26(32)31(19-23)17-16-21-10-4-2-5-11-21/h2-15,20,23H,16-19H2,1H3,(H,29,34)(H,30,33)/t20-,23+/m1/s1. The van der Waals surface area contributed by atoms with Gasteiger partial charge in [-0.25, -0.2) is 0 Å². The molecule has 0 aliphatic carbocycles. The molecule has 2 N–H and O–H groups in total. The highest BCUT2D eigenvalue weighted by atomic mass is 16.2. The molecule has 1 aliphatic heterocycles. The highest BCUT2D eigenvalue weighted by Crippen LogP contribution is 2.23. The summed E-state index contributed by atoms with van der Waals surface area (Å²) in [5.41, 5.74) is 3.00. The molecule has 0 bridgehead atoms. The molecule has 3 aromatic rings. The fraction of sp³-hybridized carbons (Fsp3) is 0.250. The lowest BCUT2D eigenvalue weighted by Gasteiger charge is -2.18. The minimum absolute atomic E-state index is 0.0150. The molecular weight excluding hydrogens is 426 g/mol. The van der Waals surface area contributed by atoms with Crippen LogP contribution in [-0.2, 0) is 16.0 Å². The number of benzene rings is 3. The first-order valence-corrected chi connectivity index (χ1v) is 11.6. The Morgan fingerprint density at radius 1 is 0.941 bits per heavy atom. The van der Waals surface area contributed by atoms with E-state index in [2.05, 4.69) is 10.6 Å². The zero-order valence-corrected chi connectivity index (χ0v) is 19.2. The molecule has 3 amide bonds. The Kier molecular flexibility index (Phi) is 7.38. The molecule has 6 nitrogen and oxygen atoms in total. The van der Waals surface area contributed by atoms with E-state index < -0.39 is 5.92 Å². The molecule has 0 aromatic heterocycles. The van der Waals surface area contributed by atoms with Crippen LogP contribution in [-0.4, -0.2) is 35.7 Å². The maximum Gasteiger partial charge on any atom is 0.253 e. The Bertz CT molecular complexity index is 1150. The number of amides is 3. The number of nitrogens with one attached hydrogen (secondary N) is 2. The van der Waals surface area contributed by atoms with E-state index in [-0.39, 0.29) is 30.2 Å². The third kappa shape index (κ3) is 5.70. The highest BCUT2D eigenvalue weighted by Gasteiger charge is 2.34. The second kappa shape index (κ2) is 10.8. The van der Waals surface area contributed by atoms with E-state index in [1.807, 2.05) is 67.6 Å². The van der Waals surface area contributed by atoms with Gasteiger partial charge in [0.25, 0.3) is 5.91 Å². The first kappa shape index (κ1) is 23.2. The van der Waals surface area contributed by atoms with Gasteiger partial charge in [-0.1, -0.05) is 72.8 Å². The number of hydrogen-bond acceptors (Lipinski definition) is 3. The molecule has 0 radical (unpaired) electrons. The Balaban J connectivity index is 1.37. The van der Waals surface area contributed by atoms with Crippen molar-refractivity contribution in [1.29, 1.82) is 0 Å². The van der Waals surface area contributed by atoms with Gasteiger partial charge in [0.1, 0.15) is 0 Å². The van der Waals surface area contributed by atoms with E-state index in [9.17, 15) is 14.4 Å². The van der Waals surface area contributed by atoms with Crippen molar-refractivity contribution in [2.75, 3.05) is 18.4 Å². The summed E-state index contributed by atoms with van der Waals surface area (Å²) >= 11 is 0. The second-order valence-corrected chi connectivity index (χ2v) is 8.62. The molecule has 1 fully saturated rings. The van der Waals surface area contributed by atoms with Crippen molar-refractivity contribution >= 4 is 23.4 Å². The van der Waals surface area contributed by atoms with Crippen LogP contribution in [0.4, 0.5) is 5.69 Å². The van der Waals surface area contributed by atoms with E-state index in [0.717, 1.165) is 17.5 Å². The van der Waals surface area contributed by atoms with Crippen LogP contribution >= 0.6 is 0 Å². The van der Waals surface area contributed by atoms with Crippen LogP contribution < -0.4 is 10.6 Å². The summed E-state index contributed by atoms with van der Waals surface area (Å²) in [5, 5.41) is 5.87. The number of rotatable bonds is 8. The van der Waals surface area contributed by atoms with Crippen molar-refractivity contribution in [2.45, 2.75) is 25.8 Å². The summed E-state index contributed by atoms with van der Waals surface area (Å²) < 4.78 is 0. The van der Waals surface area contributed by atoms with Crippen molar-refractivity contribution < 1.29 is 14.4 Å². The van der Waals surface area contributed by atoms with Crippen LogP contribution in [0.2, 0.25) is 0 Å². The molecule has 0 spiro atoms. The fourth-order valence-corrected chi connectivity index (χ4v) is 4.20. The Morgan fingerprint density at radius 2 is 1.59 bits per heavy atom. The third-order valence-corrected chi connectivity index (χ3v) is 6.18. The lowest BCUT2D eigenvalue weighted by atomic mass is 10.1. The molecule has 174 valence electrons. The lowest BCUT2D eigenvalue weighted by molar-refractivity contribution is -0.128. The number of carbonyl (C=O) groups is 3. The maximum absolute atomic E-state index is 13.0. The van der Waals surface area contributed by atoms with Gasteiger partial charge in [-0.15, -0.1) is 0 Å². The molecule has 1 heterocycles. The van der Waals surface area contributed by atoms with E-state index in [1.54, 1.807) is 29.2 Å². The van der Waals surface area contributed by atoms with E-state index in [1.165, 1.54) is 0 Å². The van der Waals surface area contributed by atoms with Crippen molar-refractivity contribution in [2.24, 2.45) is 5.92 Å². The van der Waals surface area contributed by atoms with E-state index in [0.29, 0.717) is 24.3 Å². The molecule has 34 heavy (non-hydrogen) atoms. The number of anilines is 1. The summed E-state index contributed by atoms with van der Waals surface area (Å²) in [6.45, 7) is 2.89. The van der Waals surface area contributed by atoms with Gasteiger partial charge in [0.05, 0.1) is 23.2 Å². The monoisotopic (exact) mass is 455 g/mol. The van der Waals surface area contributed by atoms with Gasteiger partial charge in [0.2, 0.25) is 11.8 Å². The van der Waals surface area contributed by atoms with Gasteiger partial charge < -0.3 is 15.5 Å². The smallest absolute Gasteiger partial charge is 0.253 e. The maximum atomic E-state index is 13.0. The van der Waals surface area contributed by atoms with Crippen LogP contribution in [0.15, 0.2) is 84.9 Å². The van der Waals surface area contributed by atoms with Crippen molar-refractivity contribution in [3.8, 4) is 0 Å². The molecule has 6 heteroatoms. The van der Waals surface area contributed by atoms with Crippen LogP contribution in [0.1, 0.15) is 40.9 Å². The van der Waals surface area contributed by atoms with Gasteiger partial charge in [-0.2, -0.15) is 0 Å². The van der Waals surface area contributed by atoms with Crippen molar-refractivity contribution in [3.05, 3.63) is 102 Å². The lowest BCUT2D eigenvalue weighted by Crippen LogP contribution is -2.31. The Hall–Kier alpha value is -3.93. The zero-order chi connectivity index (χ0) is 23.9. The van der Waals surface area contributed by atoms with Gasteiger partial charge in [0, 0.05) is 19.5 Å². The average molecular weight is 456 g/mol. The molecule has 2 atom stereocenters. The predicted molar refractivity (Wildman–Crippen MR) is 132 cm³/mol. The molecule has 4 rings (SSSR count). The molecule has 3 aromatic carbocycles. The minimum Gasteiger partial charge on any atom is -0.345 e. The number of nitrogens with zero attached hydrogens (tertiary/aromatic N) is 1. The topological polar surface area (TPSA) is 78.5 Å². The number of para-hydroxylation sites is 1. The molecule has 0 unspecified atom stereocenters. The predicted octanol–water partition coefficient (Wildman–Crippen LogP) is 4.21. The van der Waals surface area contributed by atoms with Crippen molar-refractivity contribution in [3.63, 3.8) is 0 Å². The second-order valence-electron chi connectivity index (χ2n) is 8.62. The third-order valence-electron chi connectivity index (χ3n) is 6.18. The van der Waals surface area contributed by atoms with Crippen LogP contribution in [0, 0.1) is 5.92 Å². The number of carbonyl (C=O) groups excluding carboxylic acids is 3. The summed E-state index contributed by atoms with van der Waals surface area (Å²) in [6, 6.07) is 26.5. The zero-order valence-electron chi connectivity index (χ0n) is 19.2. The van der Waals surface area contributed by atoms with Crippen LogP contribution in [0.5, 0.6) is 0 Å². The van der Waals surface area contributed by atoms with Gasteiger partial charge in [-0.3, -0.25) is 14.4 Å². The van der Waals surface area contributed by atoms with Crippen LogP contribution in [0.25, 0.3) is 0 Å². The Morgan fingerprint density at radius 3 is 2.32 bits per heavy atom. The van der Waals surface area contributed by atoms with Gasteiger partial charge in [0.15, 0.2) is 0 Å². The van der Waals surface area contributed by atoms with E-state index in [4.69, 9.17) is 0 Å². The first-order chi connectivity index (χ1) is 16.5. The Labute approximate surface area is 200 Å². The molecule has 0 saturated carbocycles. The average Bonchev–Trinajstić information content (AvgIpc) is 3.24. The van der Waals surface area contributed by atoms with Gasteiger partial charge >= 0.3 is 0 Å². The molecule has 1 aliphatic rings. The van der Waals surface area contributed by atoms with Crippen LogP contribution in [0.3, 0.4) is 0 Å². The summed E-state index contributed by atoms with van der Waals surface area (Å²) in [5.74, 6) is -0.965. The normalized spacial score (nSPS) is 16.2. The molecular formula is C28H29N3O3. The highest BCUT2D eigenvalue weighted by molar-refractivity contribution is 6.05. The quantitative estimate of drug-likeness (QED) is 0.534. The van der Waals surface area contributed by atoms with Gasteiger partial charge in [-0.05, 0) is 36.6 Å². The number of hydrogen-bond donors (Lipinski definition) is 2. The minimum atomic E-state index is -0.442. The SMILES string of the molecule is C[C@@H](NC(=O)c1ccccc1NC(=O)[C@H]1CC(=O)N(CCc2ccccc2)C1)c1ccccc1. The largest absolute Gasteiger partial charge is 0.345 e. The van der Waals surface area contributed by atoms with Crippen molar-refractivity contribution in [1.82, 2.24) is 10.2 Å².